The van der Waals surface area contributed by atoms with Crippen molar-refractivity contribution in [2.24, 2.45) is 5.92 Å². The van der Waals surface area contributed by atoms with Gasteiger partial charge < -0.3 is 4.90 Å². The number of allylic oxidation sites excluding steroid dienone is 3. The van der Waals surface area contributed by atoms with Gasteiger partial charge in [0.05, 0.1) is 0 Å². The topological polar surface area (TPSA) is 3.24 Å². The number of hydrogen-bond acceptors (Lipinski definition) is 1. The molecule has 0 bridgehead atoms. The first-order valence-electron chi connectivity index (χ1n) is 6.56. The molecule has 1 fully saturated rings. The number of benzene rings is 1. The van der Waals surface area contributed by atoms with Gasteiger partial charge in [0.1, 0.15) is 0 Å². The second-order valence-electron chi connectivity index (χ2n) is 5.09. The quantitative estimate of drug-likeness (QED) is 0.747. The summed E-state index contributed by atoms with van der Waals surface area (Å²) >= 11 is 0. The number of rotatable bonds is 3. The lowest BCUT2D eigenvalue weighted by molar-refractivity contribution is 0.309. The van der Waals surface area contributed by atoms with Crippen molar-refractivity contribution in [2.75, 3.05) is 13.6 Å². The van der Waals surface area contributed by atoms with E-state index in [1.165, 1.54) is 0 Å². The zero-order chi connectivity index (χ0) is 13.8. The summed E-state index contributed by atoms with van der Waals surface area (Å²) in [5.74, 6) is -1.06. The summed E-state index contributed by atoms with van der Waals surface area (Å²) in [6.07, 6.45) is 6.49. The Morgan fingerprint density at radius 1 is 1.42 bits per heavy atom. The molecule has 1 unspecified atom stereocenters. The molecule has 1 nitrogen and oxygen atoms in total. The van der Waals surface area contributed by atoms with E-state index in [0.29, 0.717) is 17.9 Å². The molecule has 3 heteroatoms. The minimum absolute atomic E-state index is 0.406. The van der Waals surface area contributed by atoms with Gasteiger partial charge in [0.15, 0.2) is 11.6 Å². The standard InChI is InChI=1S/C16H19F2N/c1-12-11-13(9-10-19(12)2)5-3-6-14-7-4-8-15(17)16(14)18/h3-5,7-8,13H,1,6,9-11H2,2H3/b5-3-. The predicted octanol–water partition coefficient (Wildman–Crippen LogP) is 3.92. The van der Waals surface area contributed by atoms with Crippen LogP contribution in [0.25, 0.3) is 0 Å². The Balaban J connectivity index is 1.93. The van der Waals surface area contributed by atoms with E-state index in [2.05, 4.69) is 17.6 Å². The molecule has 1 aliphatic heterocycles. The summed E-state index contributed by atoms with van der Waals surface area (Å²) in [5, 5.41) is 0. The van der Waals surface area contributed by atoms with Gasteiger partial charge in [0.25, 0.3) is 0 Å². The molecule has 1 atom stereocenters. The smallest absolute Gasteiger partial charge is 0.162 e. The number of hydrogen-bond donors (Lipinski definition) is 0. The van der Waals surface area contributed by atoms with Crippen molar-refractivity contribution in [2.45, 2.75) is 19.3 Å². The number of piperidine rings is 1. The highest BCUT2D eigenvalue weighted by Crippen LogP contribution is 2.24. The number of nitrogens with zero attached hydrogens (tertiary/aromatic N) is 1. The summed E-state index contributed by atoms with van der Waals surface area (Å²) in [6.45, 7) is 5.02. The van der Waals surface area contributed by atoms with Crippen LogP contribution in [0.3, 0.4) is 0 Å². The van der Waals surface area contributed by atoms with E-state index in [0.717, 1.165) is 31.1 Å². The summed E-state index contributed by atoms with van der Waals surface area (Å²) in [4.78, 5) is 2.16. The maximum Gasteiger partial charge on any atom is 0.162 e. The second-order valence-corrected chi connectivity index (χ2v) is 5.09. The molecule has 0 spiro atoms. The Morgan fingerprint density at radius 3 is 2.95 bits per heavy atom. The molecule has 0 radical (unpaired) electrons. The molecule has 1 saturated heterocycles. The Labute approximate surface area is 113 Å². The highest BCUT2D eigenvalue weighted by molar-refractivity contribution is 5.21. The Morgan fingerprint density at radius 2 is 2.21 bits per heavy atom. The lowest BCUT2D eigenvalue weighted by Gasteiger charge is -2.31. The largest absolute Gasteiger partial charge is 0.378 e. The molecule has 0 aromatic heterocycles. The highest BCUT2D eigenvalue weighted by Gasteiger charge is 2.16. The summed E-state index contributed by atoms with van der Waals surface area (Å²) in [7, 11) is 2.05. The number of halogens is 2. The molecule has 2 rings (SSSR count). The average Bonchev–Trinajstić information content (AvgIpc) is 2.39. The minimum Gasteiger partial charge on any atom is -0.378 e. The van der Waals surface area contributed by atoms with Gasteiger partial charge in [-0.2, -0.15) is 0 Å². The van der Waals surface area contributed by atoms with Gasteiger partial charge in [-0.1, -0.05) is 30.9 Å². The summed E-state index contributed by atoms with van der Waals surface area (Å²) in [6, 6.07) is 4.30. The maximum absolute atomic E-state index is 13.5. The SMILES string of the molecule is C=C1CC(/C=C\Cc2cccc(F)c2F)CCN1C. The highest BCUT2D eigenvalue weighted by atomic mass is 19.2. The average molecular weight is 263 g/mol. The minimum atomic E-state index is -0.779. The van der Waals surface area contributed by atoms with Crippen LogP contribution in [0.1, 0.15) is 18.4 Å². The molecule has 1 aliphatic rings. The molecule has 19 heavy (non-hydrogen) atoms. The Bertz CT molecular complexity index is 494. The van der Waals surface area contributed by atoms with E-state index in [9.17, 15) is 8.78 Å². The van der Waals surface area contributed by atoms with Crippen LogP contribution in [-0.4, -0.2) is 18.5 Å². The van der Waals surface area contributed by atoms with Crippen molar-refractivity contribution in [3.8, 4) is 0 Å². The van der Waals surface area contributed by atoms with E-state index >= 15 is 0 Å². The monoisotopic (exact) mass is 263 g/mol. The van der Waals surface area contributed by atoms with E-state index < -0.39 is 11.6 Å². The van der Waals surface area contributed by atoms with Gasteiger partial charge in [-0.3, -0.25) is 0 Å². The predicted molar refractivity (Wildman–Crippen MR) is 73.7 cm³/mol. The van der Waals surface area contributed by atoms with E-state index in [4.69, 9.17) is 0 Å². The van der Waals surface area contributed by atoms with Crippen LogP contribution in [0.15, 0.2) is 42.6 Å². The lowest BCUT2D eigenvalue weighted by Crippen LogP contribution is -2.27. The normalized spacial score (nSPS) is 20.3. The van der Waals surface area contributed by atoms with Gasteiger partial charge in [-0.15, -0.1) is 0 Å². The van der Waals surface area contributed by atoms with Crippen LogP contribution in [0.4, 0.5) is 8.78 Å². The molecule has 1 heterocycles. The Kier molecular flexibility index (Phi) is 4.35. The van der Waals surface area contributed by atoms with Crippen molar-refractivity contribution in [3.63, 3.8) is 0 Å². The van der Waals surface area contributed by atoms with Crippen LogP contribution in [0, 0.1) is 17.6 Å². The van der Waals surface area contributed by atoms with Crippen LogP contribution >= 0.6 is 0 Å². The van der Waals surface area contributed by atoms with Crippen LogP contribution in [-0.2, 0) is 6.42 Å². The van der Waals surface area contributed by atoms with Crippen LogP contribution in [0.5, 0.6) is 0 Å². The van der Waals surface area contributed by atoms with Crippen molar-refractivity contribution in [1.29, 1.82) is 0 Å². The van der Waals surface area contributed by atoms with E-state index in [1.54, 1.807) is 12.1 Å². The fourth-order valence-corrected chi connectivity index (χ4v) is 2.34. The molecule has 1 aromatic carbocycles. The van der Waals surface area contributed by atoms with Gasteiger partial charge in [0, 0.05) is 19.3 Å². The third-order valence-electron chi connectivity index (χ3n) is 3.65. The van der Waals surface area contributed by atoms with Crippen molar-refractivity contribution in [3.05, 3.63) is 59.8 Å². The molecule has 0 aliphatic carbocycles. The molecule has 0 N–H and O–H groups in total. The maximum atomic E-state index is 13.5. The van der Waals surface area contributed by atoms with Gasteiger partial charge >= 0.3 is 0 Å². The first kappa shape index (κ1) is 13.8. The third-order valence-corrected chi connectivity index (χ3v) is 3.65. The fourth-order valence-electron chi connectivity index (χ4n) is 2.34. The second kappa shape index (κ2) is 6.00. The molecular formula is C16H19F2N. The van der Waals surface area contributed by atoms with Crippen molar-refractivity contribution in [1.82, 2.24) is 4.90 Å². The van der Waals surface area contributed by atoms with Gasteiger partial charge in [-0.25, -0.2) is 8.78 Å². The molecule has 1 aromatic rings. The third kappa shape index (κ3) is 3.43. The van der Waals surface area contributed by atoms with E-state index in [-0.39, 0.29) is 0 Å². The molecular weight excluding hydrogens is 244 g/mol. The Hall–Kier alpha value is -1.64. The molecule has 0 amide bonds. The van der Waals surface area contributed by atoms with Gasteiger partial charge in [-0.05, 0) is 36.8 Å². The number of likely N-dealkylation sites (tertiary alicyclic amines) is 1. The molecule has 0 saturated carbocycles. The van der Waals surface area contributed by atoms with Gasteiger partial charge in [0.2, 0.25) is 0 Å². The zero-order valence-electron chi connectivity index (χ0n) is 11.2. The summed E-state index contributed by atoms with van der Waals surface area (Å²) < 4.78 is 26.5. The van der Waals surface area contributed by atoms with E-state index in [1.807, 2.05) is 13.1 Å². The van der Waals surface area contributed by atoms with Crippen molar-refractivity contribution < 1.29 is 8.78 Å². The van der Waals surface area contributed by atoms with Crippen molar-refractivity contribution >= 4 is 0 Å². The fraction of sp³-hybridized carbons (Fsp3) is 0.375. The first-order chi connectivity index (χ1) is 9.08. The van der Waals surface area contributed by atoms with Crippen LogP contribution < -0.4 is 0 Å². The zero-order valence-corrected chi connectivity index (χ0v) is 11.2. The lowest BCUT2D eigenvalue weighted by atomic mass is 9.94. The summed E-state index contributed by atoms with van der Waals surface area (Å²) in [5.41, 5.74) is 1.54. The van der Waals surface area contributed by atoms with Crippen LogP contribution in [0.2, 0.25) is 0 Å². The first-order valence-corrected chi connectivity index (χ1v) is 6.56. The molecule has 102 valence electrons.